The second-order valence-corrected chi connectivity index (χ2v) is 8.29. The van der Waals surface area contributed by atoms with Gasteiger partial charge in [0.15, 0.2) is 0 Å². The Hall–Kier alpha value is -3.64. The van der Waals surface area contributed by atoms with E-state index in [-0.39, 0.29) is 11.6 Å². The van der Waals surface area contributed by atoms with Gasteiger partial charge in [0.2, 0.25) is 0 Å². The third-order valence-electron chi connectivity index (χ3n) is 6.39. The number of carbonyl (C=O) groups is 1. The predicted molar refractivity (Wildman–Crippen MR) is 123 cm³/mol. The second-order valence-electron chi connectivity index (χ2n) is 8.29. The van der Waals surface area contributed by atoms with E-state index in [0.717, 1.165) is 37.2 Å². The molecular formula is C24H27N5O4. The van der Waals surface area contributed by atoms with Crippen molar-refractivity contribution < 1.29 is 14.5 Å². The van der Waals surface area contributed by atoms with Crippen LogP contribution in [-0.2, 0) is 0 Å². The number of nitro groups is 1. The van der Waals surface area contributed by atoms with Crippen molar-refractivity contribution in [1.82, 2.24) is 9.80 Å². The highest BCUT2D eigenvalue weighted by atomic mass is 16.6. The molecular weight excluding hydrogens is 422 g/mol. The summed E-state index contributed by atoms with van der Waals surface area (Å²) in [5.74, 6) is 0.513. The van der Waals surface area contributed by atoms with Crippen LogP contribution < -0.4 is 9.64 Å². The lowest BCUT2D eigenvalue weighted by molar-refractivity contribution is -0.384. The number of nitro benzene ring substituents is 1. The van der Waals surface area contributed by atoms with Crippen LogP contribution in [0, 0.1) is 21.4 Å². The fourth-order valence-corrected chi connectivity index (χ4v) is 4.55. The summed E-state index contributed by atoms with van der Waals surface area (Å²) >= 11 is 0. The van der Waals surface area contributed by atoms with Crippen LogP contribution in [0.1, 0.15) is 34.8 Å². The second kappa shape index (κ2) is 9.88. The highest BCUT2D eigenvalue weighted by Gasteiger charge is 2.29. The Morgan fingerprint density at radius 3 is 2.30 bits per heavy atom. The quantitative estimate of drug-likeness (QED) is 0.493. The molecule has 2 saturated heterocycles. The number of piperazine rings is 1. The number of nitriles is 1. The number of amides is 1. The molecule has 2 heterocycles. The van der Waals surface area contributed by atoms with Gasteiger partial charge in [-0.2, -0.15) is 5.26 Å². The Labute approximate surface area is 192 Å². The van der Waals surface area contributed by atoms with Crippen LogP contribution in [-0.4, -0.2) is 67.0 Å². The molecule has 0 N–H and O–H groups in total. The van der Waals surface area contributed by atoms with E-state index >= 15 is 0 Å². The van der Waals surface area contributed by atoms with Gasteiger partial charge in [-0.3, -0.25) is 19.8 Å². The molecule has 2 aliphatic heterocycles. The molecule has 2 aromatic carbocycles. The van der Waals surface area contributed by atoms with E-state index in [1.165, 1.54) is 6.07 Å². The number of ether oxygens (including phenoxy) is 1. The van der Waals surface area contributed by atoms with Gasteiger partial charge in [0, 0.05) is 50.9 Å². The molecule has 0 spiro atoms. The van der Waals surface area contributed by atoms with Gasteiger partial charge in [-0.25, -0.2) is 0 Å². The maximum Gasteiger partial charge on any atom is 0.293 e. The Morgan fingerprint density at radius 2 is 1.73 bits per heavy atom. The van der Waals surface area contributed by atoms with Crippen molar-refractivity contribution in [2.24, 2.45) is 0 Å². The normalized spacial score (nSPS) is 17.5. The van der Waals surface area contributed by atoms with E-state index in [9.17, 15) is 20.2 Å². The molecule has 2 aromatic rings. The highest BCUT2D eigenvalue weighted by molar-refractivity contribution is 5.96. The number of nitrogens with zero attached hydrogens (tertiary/aromatic N) is 5. The lowest BCUT2D eigenvalue weighted by Crippen LogP contribution is -2.49. The molecule has 172 valence electrons. The van der Waals surface area contributed by atoms with Gasteiger partial charge in [0.05, 0.1) is 18.1 Å². The monoisotopic (exact) mass is 449 g/mol. The first kappa shape index (κ1) is 22.6. The summed E-state index contributed by atoms with van der Waals surface area (Å²) < 4.78 is 5.18. The first-order chi connectivity index (χ1) is 16.0. The zero-order valence-electron chi connectivity index (χ0n) is 18.6. The molecule has 2 aliphatic rings. The highest BCUT2D eigenvalue weighted by Crippen LogP contribution is 2.32. The van der Waals surface area contributed by atoms with Gasteiger partial charge in [-0.1, -0.05) is 12.1 Å². The molecule has 1 unspecified atom stereocenters. The summed E-state index contributed by atoms with van der Waals surface area (Å²) in [7, 11) is 1.60. The van der Waals surface area contributed by atoms with Crippen molar-refractivity contribution >= 4 is 17.3 Å². The SMILES string of the molecule is COc1ccc(C(C#N)N2CCN(C(=O)c3ccc(N4CCCC4)c([N+](=O)[O-])c3)CC2)cc1. The maximum atomic E-state index is 13.1. The summed E-state index contributed by atoms with van der Waals surface area (Å²) in [6.45, 7) is 3.59. The van der Waals surface area contributed by atoms with E-state index in [4.69, 9.17) is 4.74 Å². The molecule has 4 rings (SSSR count). The van der Waals surface area contributed by atoms with Crippen LogP contribution >= 0.6 is 0 Å². The summed E-state index contributed by atoms with van der Waals surface area (Å²) in [5, 5.41) is 21.4. The fourth-order valence-electron chi connectivity index (χ4n) is 4.55. The summed E-state index contributed by atoms with van der Waals surface area (Å²) in [4.78, 5) is 30.1. The van der Waals surface area contributed by atoms with Gasteiger partial charge in [0.25, 0.3) is 11.6 Å². The minimum absolute atomic E-state index is 0.0227. The molecule has 0 saturated carbocycles. The first-order valence-corrected chi connectivity index (χ1v) is 11.1. The Morgan fingerprint density at radius 1 is 1.06 bits per heavy atom. The van der Waals surface area contributed by atoms with Crippen LogP contribution in [0.3, 0.4) is 0 Å². The molecule has 9 heteroatoms. The minimum Gasteiger partial charge on any atom is -0.497 e. The van der Waals surface area contributed by atoms with E-state index in [1.54, 1.807) is 24.1 Å². The smallest absolute Gasteiger partial charge is 0.293 e. The van der Waals surface area contributed by atoms with Gasteiger partial charge >= 0.3 is 0 Å². The maximum absolute atomic E-state index is 13.1. The number of hydrogen-bond acceptors (Lipinski definition) is 7. The standard InChI is InChI=1S/C24H27N5O4/c1-33-20-7-4-18(5-8-20)23(17-25)27-12-14-28(15-13-27)24(30)19-6-9-21(22(16-19)29(31)32)26-10-2-3-11-26/h4-9,16,23H,2-3,10-15H2,1H3. The van der Waals surface area contributed by atoms with Crippen molar-refractivity contribution in [3.05, 3.63) is 63.7 Å². The van der Waals surface area contributed by atoms with Crippen molar-refractivity contribution in [3.8, 4) is 11.8 Å². The van der Waals surface area contributed by atoms with Gasteiger partial charge in [-0.15, -0.1) is 0 Å². The minimum atomic E-state index is -0.408. The van der Waals surface area contributed by atoms with Crippen molar-refractivity contribution in [2.75, 3.05) is 51.3 Å². The average Bonchev–Trinajstić information content (AvgIpc) is 3.39. The van der Waals surface area contributed by atoms with Gasteiger partial charge in [-0.05, 0) is 42.7 Å². The van der Waals surface area contributed by atoms with Crippen LogP contribution in [0.25, 0.3) is 0 Å². The lowest BCUT2D eigenvalue weighted by Gasteiger charge is -2.37. The lowest BCUT2D eigenvalue weighted by atomic mass is 10.0. The van der Waals surface area contributed by atoms with E-state index < -0.39 is 11.0 Å². The topological polar surface area (TPSA) is 103 Å². The van der Waals surface area contributed by atoms with Crippen molar-refractivity contribution in [2.45, 2.75) is 18.9 Å². The molecule has 0 aliphatic carbocycles. The predicted octanol–water partition coefficient (Wildman–Crippen LogP) is 3.23. The number of anilines is 1. The number of hydrogen-bond donors (Lipinski definition) is 0. The molecule has 1 atom stereocenters. The van der Waals surface area contributed by atoms with Crippen LogP contribution in [0.15, 0.2) is 42.5 Å². The van der Waals surface area contributed by atoms with Crippen molar-refractivity contribution in [3.63, 3.8) is 0 Å². The third kappa shape index (κ3) is 4.76. The summed E-state index contributed by atoms with van der Waals surface area (Å²) in [6, 6.07) is 14.2. The van der Waals surface area contributed by atoms with Crippen LogP contribution in [0.5, 0.6) is 5.75 Å². The summed E-state index contributed by atoms with van der Waals surface area (Å²) in [5.41, 5.74) is 1.76. The molecule has 1 amide bonds. The first-order valence-electron chi connectivity index (χ1n) is 11.1. The average molecular weight is 450 g/mol. The van der Waals surface area contributed by atoms with E-state index in [1.807, 2.05) is 34.1 Å². The molecule has 2 fully saturated rings. The molecule has 9 nitrogen and oxygen atoms in total. The third-order valence-corrected chi connectivity index (χ3v) is 6.39. The van der Waals surface area contributed by atoms with E-state index in [2.05, 4.69) is 6.07 Å². The number of benzene rings is 2. The zero-order valence-corrected chi connectivity index (χ0v) is 18.6. The molecule has 0 bridgehead atoms. The van der Waals surface area contributed by atoms with Crippen molar-refractivity contribution in [1.29, 1.82) is 5.26 Å². The molecule has 0 aromatic heterocycles. The van der Waals surface area contributed by atoms with Crippen LogP contribution in [0.4, 0.5) is 11.4 Å². The number of methoxy groups -OCH3 is 1. The van der Waals surface area contributed by atoms with Gasteiger partial charge < -0.3 is 14.5 Å². The van der Waals surface area contributed by atoms with E-state index in [0.29, 0.717) is 37.4 Å². The Kier molecular flexibility index (Phi) is 6.75. The molecule has 0 radical (unpaired) electrons. The number of rotatable bonds is 6. The summed E-state index contributed by atoms with van der Waals surface area (Å²) in [6.07, 6.45) is 2.03. The molecule has 33 heavy (non-hydrogen) atoms. The number of carbonyl (C=O) groups excluding carboxylic acids is 1. The Bertz CT molecular complexity index is 1050. The van der Waals surface area contributed by atoms with Gasteiger partial charge in [0.1, 0.15) is 17.5 Å². The fraction of sp³-hybridized carbons (Fsp3) is 0.417. The Balaban J connectivity index is 1.44. The largest absolute Gasteiger partial charge is 0.497 e. The van der Waals surface area contributed by atoms with Crippen LogP contribution in [0.2, 0.25) is 0 Å². The zero-order chi connectivity index (χ0) is 23.4.